The van der Waals surface area contributed by atoms with Crippen LogP contribution < -0.4 is 4.90 Å². The predicted octanol–water partition coefficient (Wildman–Crippen LogP) is 6.88. The van der Waals surface area contributed by atoms with E-state index in [1.807, 2.05) is 6.07 Å². The molecule has 0 aromatic heterocycles. The van der Waals surface area contributed by atoms with Crippen LogP contribution in [0.1, 0.15) is 67.6 Å². The normalized spacial score (nSPS) is 17.2. The average Bonchev–Trinajstić information content (AvgIpc) is 2.62. The molecule has 0 amide bonds. The van der Waals surface area contributed by atoms with Gasteiger partial charge in [0.1, 0.15) is 12.4 Å². The number of fused-ring (bicyclic) bond motifs is 1. The van der Waals surface area contributed by atoms with Gasteiger partial charge in [0.15, 0.2) is 0 Å². The van der Waals surface area contributed by atoms with Crippen LogP contribution in [-0.4, -0.2) is 23.8 Å². The number of hydrogen-bond donors (Lipinski definition) is 1. The molecule has 3 rings (SSSR count). The summed E-state index contributed by atoms with van der Waals surface area (Å²) in [6, 6.07) is 6.80. The highest BCUT2D eigenvalue weighted by Crippen LogP contribution is 2.48. The molecular formula is C24H27F4NO2. The van der Waals surface area contributed by atoms with Crippen molar-refractivity contribution in [1.82, 2.24) is 0 Å². The average molecular weight is 437 g/mol. The van der Waals surface area contributed by atoms with Gasteiger partial charge in [-0.2, -0.15) is 13.2 Å². The molecule has 1 aliphatic carbocycles. The number of hydrogen-bond acceptors (Lipinski definition) is 2. The summed E-state index contributed by atoms with van der Waals surface area (Å²) in [6.07, 6.45) is -2.67. The van der Waals surface area contributed by atoms with Gasteiger partial charge in [0.25, 0.3) is 0 Å². The second-order valence-corrected chi connectivity index (χ2v) is 9.62. The lowest BCUT2D eigenvalue weighted by Gasteiger charge is -2.43. The number of rotatable bonds is 4. The standard InChI is InChI=1S/C24H27F4NO2/c1-14-10-17-18(23(4,5)9-8-22(17,2)3)12-20(14)29(13-24(26,27)28)15-6-7-16(21(30)31)19(25)11-15/h6-7,10-12H,8-9,13H2,1-5H3,(H,30,31). The molecule has 3 nitrogen and oxygen atoms in total. The Kier molecular flexibility index (Phi) is 5.61. The number of nitrogens with zero attached hydrogens (tertiary/aromatic N) is 1. The van der Waals surface area contributed by atoms with Crippen molar-refractivity contribution < 1.29 is 27.5 Å². The van der Waals surface area contributed by atoms with Crippen molar-refractivity contribution in [3.05, 3.63) is 58.4 Å². The second kappa shape index (κ2) is 7.53. The third-order valence-corrected chi connectivity index (χ3v) is 6.29. The van der Waals surface area contributed by atoms with Crippen molar-refractivity contribution >= 4 is 17.3 Å². The van der Waals surface area contributed by atoms with E-state index in [9.17, 15) is 22.4 Å². The van der Waals surface area contributed by atoms with Crippen LogP contribution in [0.25, 0.3) is 0 Å². The maximum absolute atomic E-state index is 14.3. The lowest BCUT2D eigenvalue weighted by molar-refractivity contribution is -0.118. The molecule has 0 aliphatic heterocycles. The van der Waals surface area contributed by atoms with E-state index in [-0.39, 0.29) is 16.5 Å². The molecule has 0 heterocycles. The molecule has 0 bridgehead atoms. The number of anilines is 2. The fourth-order valence-corrected chi connectivity index (χ4v) is 4.34. The third-order valence-electron chi connectivity index (χ3n) is 6.29. The number of benzene rings is 2. The van der Waals surface area contributed by atoms with Crippen molar-refractivity contribution in [3.8, 4) is 0 Å². The first-order valence-electron chi connectivity index (χ1n) is 10.2. The van der Waals surface area contributed by atoms with Crippen LogP contribution in [0.3, 0.4) is 0 Å². The highest BCUT2D eigenvalue weighted by molar-refractivity contribution is 5.88. The second-order valence-electron chi connectivity index (χ2n) is 9.62. The van der Waals surface area contributed by atoms with E-state index in [0.29, 0.717) is 11.3 Å². The first-order valence-corrected chi connectivity index (χ1v) is 10.2. The van der Waals surface area contributed by atoms with E-state index in [2.05, 4.69) is 27.7 Å². The van der Waals surface area contributed by atoms with Crippen molar-refractivity contribution in [3.63, 3.8) is 0 Å². The maximum Gasteiger partial charge on any atom is 0.406 e. The summed E-state index contributed by atoms with van der Waals surface area (Å²) in [7, 11) is 0. The number of halogens is 4. The van der Waals surface area contributed by atoms with E-state index in [1.165, 1.54) is 6.07 Å². The topological polar surface area (TPSA) is 40.5 Å². The zero-order valence-electron chi connectivity index (χ0n) is 18.3. The highest BCUT2D eigenvalue weighted by Gasteiger charge is 2.39. The van der Waals surface area contributed by atoms with E-state index < -0.39 is 30.1 Å². The Bertz CT molecular complexity index is 1020. The molecule has 1 aliphatic rings. The number of carboxylic acid groups (broad SMARTS) is 1. The Hall–Kier alpha value is -2.57. The van der Waals surface area contributed by atoms with Gasteiger partial charge in [0.05, 0.1) is 5.56 Å². The van der Waals surface area contributed by atoms with E-state index in [0.717, 1.165) is 41.0 Å². The van der Waals surface area contributed by atoms with Crippen LogP contribution in [0, 0.1) is 12.7 Å². The zero-order chi connectivity index (χ0) is 23.4. The Morgan fingerprint density at radius 1 is 1.03 bits per heavy atom. The molecule has 7 heteroatoms. The van der Waals surface area contributed by atoms with Gasteiger partial charge in [-0.1, -0.05) is 33.8 Å². The largest absolute Gasteiger partial charge is 0.478 e. The molecule has 0 saturated heterocycles. The van der Waals surface area contributed by atoms with Gasteiger partial charge in [-0.05, 0) is 71.6 Å². The molecule has 1 N–H and O–H groups in total. The molecule has 168 valence electrons. The van der Waals surface area contributed by atoms with Gasteiger partial charge in [0, 0.05) is 11.4 Å². The van der Waals surface area contributed by atoms with Crippen LogP contribution in [0.4, 0.5) is 28.9 Å². The van der Waals surface area contributed by atoms with Gasteiger partial charge in [-0.25, -0.2) is 9.18 Å². The molecule has 0 saturated carbocycles. The minimum atomic E-state index is -4.54. The van der Waals surface area contributed by atoms with Crippen molar-refractivity contribution in [1.29, 1.82) is 0 Å². The van der Waals surface area contributed by atoms with Crippen LogP contribution in [-0.2, 0) is 10.8 Å². The van der Waals surface area contributed by atoms with Gasteiger partial charge in [-0.3, -0.25) is 0 Å². The van der Waals surface area contributed by atoms with Crippen molar-refractivity contribution in [2.45, 2.75) is 64.5 Å². The number of carboxylic acids is 1. The fraction of sp³-hybridized carbons (Fsp3) is 0.458. The molecule has 0 radical (unpaired) electrons. The number of aromatic carboxylic acids is 1. The number of carbonyl (C=O) groups is 1. The predicted molar refractivity (Wildman–Crippen MR) is 113 cm³/mol. The van der Waals surface area contributed by atoms with Gasteiger partial charge in [-0.15, -0.1) is 0 Å². The number of aryl methyl sites for hydroxylation is 1. The lowest BCUT2D eigenvalue weighted by atomic mass is 9.63. The molecule has 2 aromatic carbocycles. The van der Waals surface area contributed by atoms with Gasteiger partial charge < -0.3 is 10.0 Å². The first kappa shape index (κ1) is 23.1. The maximum atomic E-state index is 14.3. The Balaban J connectivity index is 2.21. The fourth-order valence-electron chi connectivity index (χ4n) is 4.34. The summed E-state index contributed by atoms with van der Waals surface area (Å²) >= 11 is 0. The summed E-state index contributed by atoms with van der Waals surface area (Å²) < 4.78 is 54.8. The molecule has 0 fully saturated rings. The van der Waals surface area contributed by atoms with E-state index in [1.54, 1.807) is 13.0 Å². The monoisotopic (exact) mass is 437 g/mol. The van der Waals surface area contributed by atoms with Crippen molar-refractivity contribution in [2.75, 3.05) is 11.4 Å². The molecular weight excluding hydrogens is 410 g/mol. The first-order chi connectivity index (χ1) is 14.1. The molecule has 0 unspecified atom stereocenters. The summed E-state index contributed by atoms with van der Waals surface area (Å²) in [5, 5.41) is 9.05. The summed E-state index contributed by atoms with van der Waals surface area (Å²) in [5.41, 5.74) is 2.15. The van der Waals surface area contributed by atoms with Crippen LogP contribution in [0.15, 0.2) is 30.3 Å². The minimum absolute atomic E-state index is 0.0456. The third kappa shape index (κ3) is 4.55. The SMILES string of the molecule is Cc1cc2c(cc1N(CC(F)(F)F)c1ccc(C(=O)O)c(F)c1)C(C)(C)CCC2(C)C. The van der Waals surface area contributed by atoms with Crippen LogP contribution >= 0.6 is 0 Å². The van der Waals surface area contributed by atoms with Gasteiger partial charge in [0.2, 0.25) is 0 Å². The lowest BCUT2D eigenvalue weighted by Crippen LogP contribution is -2.35. The molecule has 2 aromatic rings. The minimum Gasteiger partial charge on any atom is -0.478 e. The molecule has 0 atom stereocenters. The summed E-state index contributed by atoms with van der Waals surface area (Å²) in [4.78, 5) is 12.1. The van der Waals surface area contributed by atoms with E-state index in [4.69, 9.17) is 5.11 Å². The van der Waals surface area contributed by atoms with E-state index >= 15 is 0 Å². The summed E-state index contributed by atoms with van der Waals surface area (Å²) in [5.74, 6) is -2.55. The Morgan fingerprint density at radius 3 is 2.06 bits per heavy atom. The molecule has 0 spiro atoms. The van der Waals surface area contributed by atoms with Gasteiger partial charge >= 0.3 is 12.1 Å². The Labute approximate surface area is 179 Å². The smallest absolute Gasteiger partial charge is 0.406 e. The Morgan fingerprint density at radius 2 is 1.58 bits per heavy atom. The quantitative estimate of drug-likeness (QED) is 0.530. The van der Waals surface area contributed by atoms with Crippen LogP contribution in [0.2, 0.25) is 0 Å². The van der Waals surface area contributed by atoms with Crippen molar-refractivity contribution in [2.24, 2.45) is 0 Å². The summed E-state index contributed by atoms with van der Waals surface area (Å²) in [6.45, 7) is 8.85. The zero-order valence-corrected chi connectivity index (χ0v) is 18.3. The molecule has 31 heavy (non-hydrogen) atoms. The highest BCUT2D eigenvalue weighted by atomic mass is 19.4. The van der Waals surface area contributed by atoms with Crippen LogP contribution in [0.5, 0.6) is 0 Å². The number of alkyl halides is 3.